The zero-order valence-corrected chi connectivity index (χ0v) is 15.4. The van der Waals surface area contributed by atoms with Gasteiger partial charge in [0.05, 0.1) is 7.11 Å². The minimum Gasteiger partial charge on any atom is -0.495 e. The minimum absolute atomic E-state index is 0.00531. The molecule has 1 amide bonds. The Labute approximate surface area is 153 Å². The van der Waals surface area contributed by atoms with Crippen molar-refractivity contribution in [2.45, 2.75) is 36.6 Å². The Morgan fingerprint density at radius 2 is 2.12 bits per heavy atom. The van der Waals surface area contributed by atoms with Gasteiger partial charge in [-0.25, -0.2) is 13.1 Å². The molecule has 0 bridgehead atoms. The number of sulfonamides is 1. The van der Waals surface area contributed by atoms with Gasteiger partial charge in [0.2, 0.25) is 15.9 Å². The number of likely N-dealkylation sites (tertiary alicyclic amines) is 1. The Bertz CT molecular complexity index is 830. The molecule has 1 aliphatic heterocycles. The second kappa shape index (κ2) is 7.51. The maximum Gasteiger partial charge on any atom is 0.244 e. The number of carbonyl (C=O) groups excluding carboxylic acids is 1. The highest BCUT2D eigenvalue weighted by Gasteiger charge is 2.29. The van der Waals surface area contributed by atoms with Crippen molar-refractivity contribution < 1.29 is 17.9 Å². The van der Waals surface area contributed by atoms with Gasteiger partial charge in [0, 0.05) is 30.7 Å². The lowest BCUT2D eigenvalue weighted by Gasteiger charge is -2.24. The van der Waals surface area contributed by atoms with Crippen molar-refractivity contribution >= 4 is 21.6 Å². The van der Waals surface area contributed by atoms with Crippen LogP contribution in [0.5, 0.6) is 5.75 Å². The molecule has 3 rings (SSSR count). The quantitative estimate of drug-likeness (QED) is 0.721. The zero-order chi connectivity index (χ0) is 18.7. The Morgan fingerprint density at radius 3 is 2.69 bits per heavy atom. The molecule has 26 heavy (non-hydrogen) atoms. The zero-order valence-electron chi connectivity index (χ0n) is 14.6. The van der Waals surface area contributed by atoms with Gasteiger partial charge in [-0.3, -0.25) is 4.79 Å². The summed E-state index contributed by atoms with van der Waals surface area (Å²) in [7, 11) is -2.45. The first-order valence-corrected chi connectivity index (χ1v) is 10.1. The van der Waals surface area contributed by atoms with E-state index in [1.54, 1.807) is 6.07 Å². The third kappa shape index (κ3) is 3.92. The molecule has 140 valence electrons. The standard InChI is InChI=1S/C17H22N4O4S/c1-25-15-6-5-13(19-17(22)12-3-2-4-12)9-16(15)26(23,24)20-14-7-8-21(10-14)11-18/h5-6,9,12,14,20H,2-4,7-8,10H2,1H3,(H,19,22)/t14-/m1/s1. The highest BCUT2D eigenvalue weighted by molar-refractivity contribution is 7.89. The summed E-state index contributed by atoms with van der Waals surface area (Å²) in [5.74, 6) is 0.123. The van der Waals surface area contributed by atoms with Crippen LogP contribution in [0.4, 0.5) is 5.69 Å². The van der Waals surface area contributed by atoms with Gasteiger partial charge in [-0.1, -0.05) is 6.42 Å². The molecule has 1 heterocycles. The van der Waals surface area contributed by atoms with Gasteiger partial charge in [-0.2, -0.15) is 5.26 Å². The van der Waals surface area contributed by atoms with Gasteiger partial charge in [-0.05, 0) is 37.5 Å². The molecule has 1 aliphatic carbocycles. The van der Waals surface area contributed by atoms with Gasteiger partial charge in [-0.15, -0.1) is 0 Å². The van der Waals surface area contributed by atoms with E-state index in [0.29, 0.717) is 25.2 Å². The topological polar surface area (TPSA) is 112 Å². The van der Waals surface area contributed by atoms with Gasteiger partial charge in [0.25, 0.3) is 0 Å². The molecular weight excluding hydrogens is 356 g/mol. The fourth-order valence-corrected chi connectivity index (χ4v) is 4.57. The van der Waals surface area contributed by atoms with Crippen molar-refractivity contribution in [3.05, 3.63) is 18.2 Å². The lowest BCUT2D eigenvalue weighted by Crippen LogP contribution is -2.36. The van der Waals surface area contributed by atoms with Gasteiger partial charge in [0.15, 0.2) is 6.19 Å². The summed E-state index contributed by atoms with van der Waals surface area (Å²) in [6.45, 7) is 0.870. The minimum atomic E-state index is -3.85. The smallest absolute Gasteiger partial charge is 0.244 e. The van der Waals surface area contributed by atoms with E-state index in [2.05, 4.69) is 10.0 Å². The summed E-state index contributed by atoms with van der Waals surface area (Å²) in [5.41, 5.74) is 0.424. The van der Waals surface area contributed by atoms with E-state index in [1.807, 2.05) is 6.19 Å². The van der Waals surface area contributed by atoms with Crippen LogP contribution in [0.2, 0.25) is 0 Å². The van der Waals surface area contributed by atoms with E-state index < -0.39 is 10.0 Å². The highest BCUT2D eigenvalue weighted by atomic mass is 32.2. The predicted molar refractivity (Wildman–Crippen MR) is 94.9 cm³/mol. The van der Waals surface area contributed by atoms with Crippen LogP contribution in [0.3, 0.4) is 0 Å². The number of rotatable bonds is 6. The lowest BCUT2D eigenvalue weighted by molar-refractivity contribution is -0.122. The number of hydrogen-bond donors (Lipinski definition) is 2. The molecule has 2 fully saturated rings. The van der Waals surface area contributed by atoms with Crippen molar-refractivity contribution in [3.8, 4) is 11.9 Å². The van der Waals surface area contributed by atoms with Crippen molar-refractivity contribution in [3.63, 3.8) is 0 Å². The number of benzene rings is 1. The molecule has 1 aromatic rings. The van der Waals surface area contributed by atoms with E-state index in [0.717, 1.165) is 19.3 Å². The Balaban J connectivity index is 1.78. The van der Waals surface area contributed by atoms with E-state index in [1.165, 1.54) is 24.1 Å². The van der Waals surface area contributed by atoms with Gasteiger partial charge in [0.1, 0.15) is 10.6 Å². The molecule has 8 nitrogen and oxygen atoms in total. The molecule has 0 unspecified atom stereocenters. The van der Waals surface area contributed by atoms with E-state index in [9.17, 15) is 13.2 Å². The number of nitrogens with one attached hydrogen (secondary N) is 2. The average molecular weight is 378 g/mol. The second-order valence-electron chi connectivity index (χ2n) is 6.64. The molecule has 2 aliphatic rings. The average Bonchev–Trinajstić information content (AvgIpc) is 3.00. The number of nitrogens with zero attached hydrogens (tertiary/aromatic N) is 2. The third-order valence-corrected chi connectivity index (χ3v) is 6.39. The van der Waals surface area contributed by atoms with Crippen molar-refractivity contribution in [1.82, 2.24) is 9.62 Å². The number of methoxy groups -OCH3 is 1. The number of carbonyl (C=O) groups is 1. The summed E-state index contributed by atoms with van der Waals surface area (Å²) < 4.78 is 33.4. The third-order valence-electron chi connectivity index (χ3n) is 4.85. The monoisotopic (exact) mass is 378 g/mol. The van der Waals surface area contributed by atoms with Crippen LogP contribution < -0.4 is 14.8 Å². The van der Waals surface area contributed by atoms with Crippen LogP contribution in [0, 0.1) is 17.4 Å². The largest absolute Gasteiger partial charge is 0.495 e. The van der Waals surface area contributed by atoms with Crippen LogP contribution in [0.15, 0.2) is 23.1 Å². The molecule has 1 saturated heterocycles. The molecule has 2 N–H and O–H groups in total. The molecule has 9 heteroatoms. The first kappa shape index (κ1) is 18.5. The molecule has 0 spiro atoms. The molecule has 1 atom stereocenters. The molecule has 0 radical (unpaired) electrons. The van der Waals surface area contributed by atoms with Crippen LogP contribution in [-0.4, -0.2) is 45.5 Å². The fourth-order valence-electron chi connectivity index (χ4n) is 3.11. The van der Waals surface area contributed by atoms with Crippen molar-refractivity contribution in [1.29, 1.82) is 5.26 Å². The van der Waals surface area contributed by atoms with Gasteiger partial charge < -0.3 is 15.0 Å². The van der Waals surface area contributed by atoms with Crippen LogP contribution in [0.25, 0.3) is 0 Å². The second-order valence-corrected chi connectivity index (χ2v) is 8.32. The highest BCUT2D eigenvalue weighted by Crippen LogP contribution is 2.30. The van der Waals surface area contributed by atoms with E-state index >= 15 is 0 Å². The Morgan fingerprint density at radius 1 is 1.35 bits per heavy atom. The Hall–Kier alpha value is -2.31. The van der Waals surface area contributed by atoms with E-state index in [-0.39, 0.29) is 28.5 Å². The number of nitriles is 1. The molecule has 1 aromatic carbocycles. The number of anilines is 1. The van der Waals surface area contributed by atoms with Crippen LogP contribution in [-0.2, 0) is 14.8 Å². The first-order valence-electron chi connectivity index (χ1n) is 8.59. The number of amides is 1. The normalized spacial score (nSPS) is 20.3. The van der Waals surface area contributed by atoms with Crippen molar-refractivity contribution in [2.24, 2.45) is 5.92 Å². The summed E-state index contributed by atoms with van der Waals surface area (Å²) in [4.78, 5) is 13.6. The Kier molecular flexibility index (Phi) is 5.34. The molecular formula is C17H22N4O4S. The maximum absolute atomic E-state index is 12.8. The molecule has 1 saturated carbocycles. The summed E-state index contributed by atoms with van der Waals surface area (Å²) in [5, 5.41) is 11.7. The molecule has 0 aromatic heterocycles. The SMILES string of the molecule is COc1ccc(NC(=O)C2CCC2)cc1S(=O)(=O)N[C@@H]1CCN(C#N)C1. The summed E-state index contributed by atoms with van der Waals surface area (Å²) in [6, 6.07) is 4.23. The summed E-state index contributed by atoms with van der Waals surface area (Å²) in [6.07, 6.45) is 5.36. The lowest BCUT2D eigenvalue weighted by atomic mass is 9.85. The number of ether oxygens (including phenoxy) is 1. The maximum atomic E-state index is 12.8. The predicted octanol–water partition coefficient (Wildman–Crippen LogP) is 1.27. The summed E-state index contributed by atoms with van der Waals surface area (Å²) >= 11 is 0. The van der Waals surface area contributed by atoms with Crippen LogP contribution in [0.1, 0.15) is 25.7 Å². The first-order chi connectivity index (χ1) is 12.4. The van der Waals surface area contributed by atoms with Gasteiger partial charge >= 0.3 is 0 Å². The van der Waals surface area contributed by atoms with Crippen LogP contribution >= 0.6 is 0 Å². The number of hydrogen-bond acceptors (Lipinski definition) is 6. The van der Waals surface area contributed by atoms with Crippen molar-refractivity contribution in [2.75, 3.05) is 25.5 Å². The van der Waals surface area contributed by atoms with E-state index in [4.69, 9.17) is 10.00 Å². The fraction of sp³-hybridized carbons (Fsp3) is 0.529.